The van der Waals surface area contributed by atoms with Crippen LogP contribution in [0.25, 0.3) is 0 Å². The Morgan fingerprint density at radius 2 is 1.60 bits per heavy atom. The van der Waals surface area contributed by atoms with Crippen LogP contribution in [0.3, 0.4) is 0 Å². The molecule has 0 fully saturated rings. The van der Waals surface area contributed by atoms with Gasteiger partial charge >= 0.3 is 0 Å². The number of nitrogens with two attached hydrogens (primary N) is 1. The average Bonchev–Trinajstić information content (AvgIpc) is 2.64. The highest BCUT2D eigenvalue weighted by Gasteiger charge is 2.21. The van der Waals surface area contributed by atoms with Gasteiger partial charge in [0, 0.05) is 12.6 Å². The van der Waals surface area contributed by atoms with Crippen molar-refractivity contribution >= 4 is 5.91 Å². The maximum Gasteiger partial charge on any atom is 0.262 e. The third-order valence-electron chi connectivity index (χ3n) is 3.91. The second-order valence-electron chi connectivity index (χ2n) is 5.91. The quantitative estimate of drug-likeness (QED) is 0.797. The Morgan fingerprint density at radius 3 is 2.08 bits per heavy atom. The fourth-order valence-electron chi connectivity index (χ4n) is 2.40. The van der Waals surface area contributed by atoms with Crippen molar-refractivity contribution in [1.29, 1.82) is 0 Å². The maximum atomic E-state index is 12.5. The van der Waals surface area contributed by atoms with E-state index < -0.39 is 5.91 Å². The number of benzene rings is 1. The topological polar surface area (TPSA) is 99.4 Å². The molecule has 1 aromatic heterocycles. The van der Waals surface area contributed by atoms with Gasteiger partial charge in [-0.3, -0.25) is 4.79 Å². The van der Waals surface area contributed by atoms with Gasteiger partial charge in [0.25, 0.3) is 5.91 Å². The van der Waals surface area contributed by atoms with Gasteiger partial charge in [0.1, 0.15) is 6.33 Å². The number of nitrogens with one attached hydrogen (secondary N) is 1. The van der Waals surface area contributed by atoms with Crippen LogP contribution in [-0.2, 0) is 0 Å². The standard InChI is InChI=1S/C18H24N4O3/c1-11(2)12-5-7-13(8-6-12)14(19)9-20-16(23)15-17(24-3)21-10-22-18(15)25-4/h5-8,10-11,14H,9,19H2,1-4H3,(H,20,23). The predicted octanol–water partition coefficient (Wildman–Crippen LogP) is 2.05. The number of carbonyl (C=O) groups excluding carboxylic acids is 1. The lowest BCUT2D eigenvalue weighted by Gasteiger charge is -2.16. The Labute approximate surface area is 147 Å². The summed E-state index contributed by atoms with van der Waals surface area (Å²) >= 11 is 0. The van der Waals surface area contributed by atoms with E-state index in [2.05, 4.69) is 41.3 Å². The molecule has 0 aliphatic carbocycles. The number of ether oxygens (including phenoxy) is 2. The van der Waals surface area contributed by atoms with Gasteiger partial charge in [-0.05, 0) is 17.0 Å². The molecule has 2 aromatic rings. The summed E-state index contributed by atoms with van der Waals surface area (Å²) < 4.78 is 10.2. The van der Waals surface area contributed by atoms with Gasteiger partial charge < -0.3 is 20.5 Å². The Balaban J connectivity index is 2.07. The molecule has 1 amide bonds. The van der Waals surface area contributed by atoms with Crippen molar-refractivity contribution in [3.05, 3.63) is 47.3 Å². The molecule has 7 heteroatoms. The number of hydrogen-bond acceptors (Lipinski definition) is 6. The van der Waals surface area contributed by atoms with Crippen molar-refractivity contribution in [2.75, 3.05) is 20.8 Å². The van der Waals surface area contributed by atoms with Crippen molar-refractivity contribution in [3.63, 3.8) is 0 Å². The normalized spacial score (nSPS) is 11.9. The predicted molar refractivity (Wildman–Crippen MR) is 94.9 cm³/mol. The highest BCUT2D eigenvalue weighted by atomic mass is 16.5. The van der Waals surface area contributed by atoms with Crippen LogP contribution >= 0.6 is 0 Å². The van der Waals surface area contributed by atoms with E-state index in [1.165, 1.54) is 26.1 Å². The average molecular weight is 344 g/mol. The number of hydrogen-bond donors (Lipinski definition) is 2. The van der Waals surface area contributed by atoms with Gasteiger partial charge in [-0.15, -0.1) is 0 Å². The van der Waals surface area contributed by atoms with E-state index in [-0.39, 0.29) is 29.9 Å². The van der Waals surface area contributed by atoms with Gasteiger partial charge in [0.15, 0.2) is 5.56 Å². The van der Waals surface area contributed by atoms with Crippen LogP contribution in [0.2, 0.25) is 0 Å². The van der Waals surface area contributed by atoms with Crippen LogP contribution < -0.4 is 20.5 Å². The fraction of sp³-hybridized carbons (Fsp3) is 0.389. The molecule has 7 nitrogen and oxygen atoms in total. The molecule has 0 spiro atoms. The molecule has 0 aliphatic rings. The number of amides is 1. The van der Waals surface area contributed by atoms with Crippen molar-refractivity contribution in [2.24, 2.45) is 5.73 Å². The summed E-state index contributed by atoms with van der Waals surface area (Å²) in [6.07, 6.45) is 1.27. The van der Waals surface area contributed by atoms with E-state index in [0.29, 0.717) is 5.92 Å². The summed E-state index contributed by atoms with van der Waals surface area (Å²) in [6, 6.07) is 7.75. The van der Waals surface area contributed by atoms with Crippen LogP contribution in [0.4, 0.5) is 0 Å². The number of carbonyl (C=O) groups is 1. The largest absolute Gasteiger partial charge is 0.480 e. The third kappa shape index (κ3) is 4.45. The van der Waals surface area contributed by atoms with E-state index in [4.69, 9.17) is 15.2 Å². The van der Waals surface area contributed by atoms with E-state index in [1.54, 1.807) is 0 Å². The molecule has 0 aliphatic heterocycles. The molecule has 1 unspecified atom stereocenters. The minimum absolute atomic E-state index is 0.148. The zero-order valence-electron chi connectivity index (χ0n) is 14.9. The Bertz CT molecular complexity index is 695. The summed E-state index contributed by atoms with van der Waals surface area (Å²) in [5.74, 6) is 0.366. The first-order chi connectivity index (χ1) is 12.0. The van der Waals surface area contributed by atoms with Crippen molar-refractivity contribution in [3.8, 4) is 11.8 Å². The fourth-order valence-corrected chi connectivity index (χ4v) is 2.40. The lowest BCUT2D eigenvalue weighted by atomic mass is 9.99. The monoisotopic (exact) mass is 344 g/mol. The first-order valence-corrected chi connectivity index (χ1v) is 8.04. The summed E-state index contributed by atoms with van der Waals surface area (Å²) in [7, 11) is 2.86. The van der Waals surface area contributed by atoms with Crippen LogP contribution in [0.15, 0.2) is 30.6 Å². The molecular formula is C18H24N4O3. The minimum atomic E-state index is -0.399. The van der Waals surface area contributed by atoms with Gasteiger partial charge in [-0.2, -0.15) is 0 Å². The third-order valence-corrected chi connectivity index (χ3v) is 3.91. The summed E-state index contributed by atoms with van der Waals surface area (Å²) in [4.78, 5) is 20.3. The second kappa shape index (κ2) is 8.43. The summed E-state index contributed by atoms with van der Waals surface area (Å²) in [5.41, 5.74) is 8.53. The van der Waals surface area contributed by atoms with E-state index in [0.717, 1.165) is 5.56 Å². The molecule has 3 N–H and O–H groups in total. The van der Waals surface area contributed by atoms with Gasteiger partial charge in [0.2, 0.25) is 11.8 Å². The number of aromatic nitrogens is 2. The van der Waals surface area contributed by atoms with Gasteiger partial charge in [-0.25, -0.2) is 9.97 Å². The summed E-state index contributed by atoms with van der Waals surface area (Å²) in [5, 5.41) is 2.78. The molecule has 0 radical (unpaired) electrons. The number of rotatable bonds is 7. The van der Waals surface area contributed by atoms with E-state index in [1.807, 2.05) is 12.1 Å². The molecule has 25 heavy (non-hydrogen) atoms. The second-order valence-corrected chi connectivity index (χ2v) is 5.91. The lowest BCUT2D eigenvalue weighted by Crippen LogP contribution is -2.32. The van der Waals surface area contributed by atoms with Crippen LogP contribution in [0.1, 0.15) is 47.3 Å². The molecule has 134 valence electrons. The minimum Gasteiger partial charge on any atom is -0.480 e. The molecule has 1 aromatic carbocycles. The van der Waals surface area contributed by atoms with E-state index >= 15 is 0 Å². The van der Waals surface area contributed by atoms with Crippen molar-refractivity contribution in [1.82, 2.24) is 15.3 Å². The zero-order chi connectivity index (χ0) is 18.4. The maximum absolute atomic E-state index is 12.5. The lowest BCUT2D eigenvalue weighted by molar-refractivity contribution is 0.0943. The Morgan fingerprint density at radius 1 is 1.08 bits per heavy atom. The molecule has 1 heterocycles. The van der Waals surface area contributed by atoms with E-state index in [9.17, 15) is 4.79 Å². The van der Waals surface area contributed by atoms with Crippen molar-refractivity contribution < 1.29 is 14.3 Å². The molecule has 0 saturated heterocycles. The van der Waals surface area contributed by atoms with Crippen molar-refractivity contribution in [2.45, 2.75) is 25.8 Å². The zero-order valence-corrected chi connectivity index (χ0v) is 14.9. The Kier molecular flexibility index (Phi) is 6.30. The number of methoxy groups -OCH3 is 2. The van der Waals surface area contributed by atoms with Crippen LogP contribution in [-0.4, -0.2) is 36.6 Å². The molecular weight excluding hydrogens is 320 g/mol. The van der Waals surface area contributed by atoms with Gasteiger partial charge in [-0.1, -0.05) is 38.1 Å². The first-order valence-electron chi connectivity index (χ1n) is 8.04. The molecule has 0 saturated carbocycles. The van der Waals surface area contributed by atoms with Crippen LogP contribution in [0, 0.1) is 0 Å². The first kappa shape index (κ1) is 18.7. The molecule has 2 rings (SSSR count). The smallest absolute Gasteiger partial charge is 0.262 e. The molecule has 1 atom stereocenters. The highest BCUT2D eigenvalue weighted by Crippen LogP contribution is 2.23. The van der Waals surface area contributed by atoms with Crippen LogP contribution in [0.5, 0.6) is 11.8 Å². The number of nitrogens with zero attached hydrogens (tertiary/aromatic N) is 2. The Hall–Kier alpha value is -2.67. The highest BCUT2D eigenvalue weighted by molar-refractivity contribution is 5.98. The van der Waals surface area contributed by atoms with Gasteiger partial charge in [0.05, 0.1) is 14.2 Å². The molecule has 0 bridgehead atoms. The summed E-state index contributed by atoms with van der Waals surface area (Å²) in [6.45, 7) is 4.54. The SMILES string of the molecule is COc1ncnc(OC)c1C(=O)NCC(N)c1ccc(C(C)C)cc1.